The predicted molar refractivity (Wildman–Crippen MR) is 110 cm³/mol. The number of pyridine rings is 1. The fraction of sp³-hybridized carbons (Fsp3) is 0.261. The number of benzene rings is 2. The second kappa shape index (κ2) is 7.91. The largest absolute Gasteiger partial charge is 0.457 e. The zero-order chi connectivity index (χ0) is 21.2. The van der Waals surface area contributed by atoms with E-state index in [1.165, 1.54) is 10.8 Å². The molecule has 6 heteroatoms. The van der Waals surface area contributed by atoms with E-state index >= 15 is 0 Å². The van der Waals surface area contributed by atoms with Crippen LogP contribution in [0.25, 0.3) is 16.5 Å². The average Bonchev–Trinajstić information content (AvgIpc) is 2.65. The molecule has 0 atom stereocenters. The second-order valence-corrected chi connectivity index (χ2v) is 7.77. The van der Waals surface area contributed by atoms with Crippen molar-refractivity contribution in [1.82, 2.24) is 4.57 Å². The normalized spacial score (nSPS) is 11.3. The molecule has 0 aliphatic heterocycles. The molecule has 0 spiro atoms. The summed E-state index contributed by atoms with van der Waals surface area (Å²) in [6.45, 7) is 6.62. The van der Waals surface area contributed by atoms with E-state index in [1.807, 2.05) is 25.1 Å². The van der Waals surface area contributed by atoms with Gasteiger partial charge in [0.2, 0.25) is 0 Å². The van der Waals surface area contributed by atoms with E-state index < -0.39 is 24.1 Å². The van der Waals surface area contributed by atoms with Crippen molar-refractivity contribution < 1.29 is 19.1 Å². The lowest BCUT2D eigenvalue weighted by Crippen LogP contribution is -2.28. The third-order valence-electron chi connectivity index (χ3n) is 4.17. The maximum Gasteiger partial charge on any atom is 0.344 e. The molecule has 150 valence electrons. The number of aromatic nitrogens is 1. The highest BCUT2D eigenvalue weighted by Gasteiger charge is 2.20. The molecule has 0 bridgehead atoms. The summed E-state index contributed by atoms with van der Waals surface area (Å²) in [7, 11) is 0. The molecular weight excluding hydrogens is 370 g/mol. The SMILES string of the molecule is Cc1cccc(-n2cc(C(=O)OCC(=O)OC(C)(C)C)c3ccccc3c2=O)c1. The number of rotatable bonds is 4. The fourth-order valence-electron chi connectivity index (χ4n) is 3.00. The maximum atomic E-state index is 13.0. The number of carbonyl (C=O) groups is 2. The van der Waals surface area contributed by atoms with Crippen LogP contribution in [0.15, 0.2) is 59.5 Å². The molecule has 2 aromatic carbocycles. The molecule has 0 radical (unpaired) electrons. The standard InChI is InChI=1S/C23H23NO5/c1-15-8-7-9-16(12-15)24-13-19(17-10-5-6-11-18(17)21(24)26)22(27)28-14-20(25)29-23(2,3)4/h5-13H,14H2,1-4H3. The summed E-state index contributed by atoms with van der Waals surface area (Å²) in [6, 6.07) is 14.2. The molecule has 1 aromatic heterocycles. The minimum absolute atomic E-state index is 0.199. The van der Waals surface area contributed by atoms with Gasteiger partial charge in [0.05, 0.1) is 5.56 Å². The van der Waals surface area contributed by atoms with Crippen LogP contribution in [0.4, 0.5) is 0 Å². The summed E-state index contributed by atoms with van der Waals surface area (Å²) in [5.74, 6) is -1.34. The van der Waals surface area contributed by atoms with Crippen LogP contribution >= 0.6 is 0 Å². The molecule has 0 aliphatic rings. The van der Waals surface area contributed by atoms with Crippen molar-refractivity contribution in [2.75, 3.05) is 6.61 Å². The molecule has 0 N–H and O–H groups in total. The first kappa shape index (κ1) is 20.3. The van der Waals surface area contributed by atoms with Crippen molar-refractivity contribution in [1.29, 1.82) is 0 Å². The van der Waals surface area contributed by atoms with E-state index in [4.69, 9.17) is 9.47 Å². The molecule has 0 aliphatic carbocycles. The third kappa shape index (κ3) is 4.71. The highest BCUT2D eigenvalue weighted by atomic mass is 16.6. The minimum atomic E-state index is -0.700. The van der Waals surface area contributed by atoms with Gasteiger partial charge in [-0.15, -0.1) is 0 Å². The number of nitrogens with zero attached hydrogens (tertiary/aromatic N) is 1. The number of fused-ring (bicyclic) bond motifs is 1. The molecule has 6 nitrogen and oxygen atoms in total. The van der Waals surface area contributed by atoms with E-state index in [1.54, 1.807) is 51.1 Å². The van der Waals surface area contributed by atoms with Gasteiger partial charge < -0.3 is 9.47 Å². The fourth-order valence-corrected chi connectivity index (χ4v) is 3.00. The molecule has 0 amide bonds. The molecule has 1 heterocycles. The quantitative estimate of drug-likeness (QED) is 0.631. The lowest BCUT2D eigenvalue weighted by atomic mass is 10.1. The van der Waals surface area contributed by atoms with Crippen molar-refractivity contribution in [3.63, 3.8) is 0 Å². The van der Waals surface area contributed by atoms with E-state index in [9.17, 15) is 14.4 Å². The van der Waals surface area contributed by atoms with Gasteiger partial charge in [0.15, 0.2) is 6.61 Å². The van der Waals surface area contributed by atoms with Gasteiger partial charge in [-0.1, -0.05) is 30.3 Å². The van der Waals surface area contributed by atoms with Crippen molar-refractivity contribution >= 4 is 22.7 Å². The Morgan fingerprint density at radius 3 is 2.34 bits per heavy atom. The molecule has 0 unspecified atom stereocenters. The number of hydrogen-bond acceptors (Lipinski definition) is 5. The highest BCUT2D eigenvalue weighted by molar-refractivity contribution is 6.04. The van der Waals surface area contributed by atoms with Crippen LogP contribution in [-0.4, -0.2) is 28.7 Å². The van der Waals surface area contributed by atoms with Crippen molar-refractivity contribution in [2.45, 2.75) is 33.3 Å². The van der Waals surface area contributed by atoms with Crippen LogP contribution in [0.1, 0.15) is 36.7 Å². The Morgan fingerprint density at radius 2 is 1.69 bits per heavy atom. The second-order valence-electron chi connectivity index (χ2n) is 7.77. The third-order valence-corrected chi connectivity index (χ3v) is 4.17. The molecule has 0 fully saturated rings. The Labute approximate surface area is 168 Å². The molecule has 3 rings (SSSR count). The van der Waals surface area contributed by atoms with Crippen LogP contribution < -0.4 is 5.56 Å². The Hall–Kier alpha value is -3.41. The minimum Gasteiger partial charge on any atom is -0.457 e. The van der Waals surface area contributed by atoms with Gasteiger partial charge in [-0.05, 0) is 51.5 Å². The first-order valence-corrected chi connectivity index (χ1v) is 9.26. The van der Waals surface area contributed by atoms with Gasteiger partial charge in [0.1, 0.15) is 5.60 Å². The summed E-state index contributed by atoms with van der Waals surface area (Å²) in [4.78, 5) is 37.6. The van der Waals surface area contributed by atoms with Crippen LogP contribution in [0.5, 0.6) is 0 Å². The number of ether oxygens (including phenoxy) is 2. The molecule has 0 saturated carbocycles. The van der Waals surface area contributed by atoms with Crippen molar-refractivity contribution in [2.24, 2.45) is 0 Å². The first-order valence-electron chi connectivity index (χ1n) is 9.26. The summed E-state index contributed by atoms with van der Waals surface area (Å²) >= 11 is 0. The average molecular weight is 393 g/mol. The Kier molecular flexibility index (Phi) is 5.55. The van der Waals surface area contributed by atoms with Crippen LogP contribution in [0.3, 0.4) is 0 Å². The Morgan fingerprint density at radius 1 is 1.00 bits per heavy atom. The monoisotopic (exact) mass is 393 g/mol. The summed E-state index contributed by atoms with van der Waals surface area (Å²) < 4.78 is 11.8. The summed E-state index contributed by atoms with van der Waals surface area (Å²) in [6.07, 6.45) is 1.46. The zero-order valence-electron chi connectivity index (χ0n) is 16.9. The lowest BCUT2D eigenvalue weighted by molar-refractivity contribution is -0.158. The van der Waals surface area contributed by atoms with Crippen LogP contribution in [0, 0.1) is 6.92 Å². The maximum absolute atomic E-state index is 13.0. The van der Waals surface area contributed by atoms with E-state index in [2.05, 4.69) is 0 Å². The van der Waals surface area contributed by atoms with Crippen LogP contribution in [0.2, 0.25) is 0 Å². The number of hydrogen-bond donors (Lipinski definition) is 0. The van der Waals surface area contributed by atoms with E-state index in [0.717, 1.165) is 5.56 Å². The van der Waals surface area contributed by atoms with Gasteiger partial charge >= 0.3 is 11.9 Å². The van der Waals surface area contributed by atoms with Crippen LogP contribution in [-0.2, 0) is 14.3 Å². The predicted octanol–water partition coefficient (Wildman–Crippen LogP) is 3.80. The highest BCUT2D eigenvalue weighted by Crippen LogP contribution is 2.19. The smallest absolute Gasteiger partial charge is 0.344 e. The van der Waals surface area contributed by atoms with E-state index in [0.29, 0.717) is 16.5 Å². The van der Waals surface area contributed by atoms with E-state index in [-0.39, 0.29) is 11.1 Å². The first-order chi connectivity index (χ1) is 13.7. The molecular formula is C23H23NO5. The molecule has 3 aromatic rings. The Balaban J connectivity index is 2.01. The summed E-state index contributed by atoms with van der Waals surface area (Å²) in [5, 5.41) is 0.858. The Bertz CT molecular complexity index is 1140. The van der Waals surface area contributed by atoms with Gasteiger partial charge in [0, 0.05) is 22.7 Å². The van der Waals surface area contributed by atoms with Crippen molar-refractivity contribution in [3.8, 4) is 5.69 Å². The van der Waals surface area contributed by atoms with Gasteiger partial charge in [-0.2, -0.15) is 0 Å². The van der Waals surface area contributed by atoms with Crippen molar-refractivity contribution in [3.05, 3.63) is 76.2 Å². The number of aryl methyl sites for hydroxylation is 1. The zero-order valence-corrected chi connectivity index (χ0v) is 16.9. The topological polar surface area (TPSA) is 74.6 Å². The van der Waals surface area contributed by atoms with Gasteiger partial charge in [0.25, 0.3) is 5.56 Å². The number of carbonyl (C=O) groups excluding carboxylic acids is 2. The van der Waals surface area contributed by atoms with Gasteiger partial charge in [-0.3, -0.25) is 9.36 Å². The molecule has 0 saturated heterocycles. The summed E-state index contributed by atoms with van der Waals surface area (Å²) in [5.41, 5.74) is 0.910. The number of esters is 2. The lowest BCUT2D eigenvalue weighted by Gasteiger charge is -2.19. The van der Waals surface area contributed by atoms with Gasteiger partial charge in [-0.25, -0.2) is 9.59 Å². The molecule has 29 heavy (non-hydrogen) atoms.